The number of fused-ring (bicyclic) bond motifs is 8. The second-order valence-electron chi connectivity index (χ2n) is 15.9. The van der Waals surface area contributed by atoms with Gasteiger partial charge in [0.2, 0.25) is 0 Å². The van der Waals surface area contributed by atoms with Crippen LogP contribution < -0.4 is 0 Å². The second kappa shape index (κ2) is 14.0. The molecular weight excluding hydrogens is 727 g/mol. The first-order valence-electron chi connectivity index (χ1n) is 20.8. The number of pyridine rings is 1. The zero-order valence-corrected chi connectivity index (χ0v) is 33.0. The summed E-state index contributed by atoms with van der Waals surface area (Å²) in [6.45, 7) is 0. The predicted octanol–water partition coefficient (Wildman–Crippen LogP) is 14.8. The van der Waals surface area contributed by atoms with E-state index in [1.807, 2.05) is 12.3 Å². The molecule has 0 saturated carbocycles. The molecule has 3 aromatic heterocycles. The number of allylic oxidation sites excluding steroid dienone is 1. The lowest BCUT2D eigenvalue weighted by Gasteiger charge is -2.18. The molecule has 0 radical (unpaired) electrons. The number of aromatic nitrogens is 3. The Kier molecular flexibility index (Phi) is 7.99. The molecule has 0 bridgehead atoms. The summed E-state index contributed by atoms with van der Waals surface area (Å²) >= 11 is 0. The maximum absolute atomic E-state index is 4.95. The molecule has 3 heterocycles. The Labute approximate surface area is 348 Å². The minimum Gasteiger partial charge on any atom is -0.309 e. The molecular formula is C57H39N3. The molecule has 12 rings (SSSR count). The minimum absolute atomic E-state index is 0.941. The molecule has 0 aliphatic heterocycles. The van der Waals surface area contributed by atoms with Crippen molar-refractivity contribution in [3.8, 4) is 44.8 Å². The number of hydrogen-bond acceptors (Lipinski definition) is 1. The van der Waals surface area contributed by atoms with E-state index in [0.29, 0.717) is 0 Å². The van der Waals surface area contributed by atoms with Crippen LogP contribution in [0.25, 0.3) is 100 Å². The molecule has 0 amide bonds. The molecule has 0 fully saturated rings. The summed E-state index contributed by atoms with van der Waals surface area (Å²) in [4.78, 5) is 4.95. The lowest BCUT2D eigenvalue weighted by Crippen LogP contribution is -2.03. The van der Waals surface area contributed by atoms with E-state index >= 15 is 0 Å². The molecule has 1 aliphatic rings. The van der Waals surface area contributed by atoms with E-state index in [-0.39, 0.29) is 0 Å². The maximum atomic E-state index is 4.95. The monoisotopic (exact) mass is 765 g/mol. The SMILES string of the molecule is C1=C(c2ccc3c(c2)c2ccccc2n3-c2cc(-c3ccccc3)cc(-c3ccccc3)c2)CCc2c1n(-c1ccc(-c3ccccc3)cc1)c1ccc3cccnc3c21. The van der Waals surface area contributed by atoms with Gasteiger partial charge in [-0.2, -0.15) is 0 Å². The number of nitrogens with zero attached hydrogens (tertiary/aromatic N) is 3. The maximum Gasteiger partial charge on any atom is 0.0798 e. The highest BCUT2D eigenvalue weighted by Crippen LogP contribution is 2.43. The predicted molar refractivity (Wildman–Crippen MR) is 252 cm³/mol. The van der Waals surface area contributed by atoms with Gasteiger partial charge in [-0.25, -0.2) is 0 Å². The first-order valence-corrected chi connectivity index (χ1v) is 20.8. The molecule has 8 aromatic carbocycles. The van der Waals surface area contributed by atoms with Crippen molar-refractivity contribution in [2.45, 2.75) is 12.8 Å². The molecule has 0 unspecified atom stereocenters. The van der Waals surface area contributed by atoms with Crippen molar-refractivity contribution >= 4 is 55.3 Å². The summed E-state index contributed by atoms with van der Waals surface area (Å²) in [5.41, 5.74) is 19.4. The lowest BCUT2D eigenvalue weighted by molar-refractivity contribution is 0.981. The van der Waals surface area contributed by atoms with Gasteiger partial charge in [0.05, 0.1) is 27.8 Å². The Hall–Kier alpha value is -7.75. The smallest absolute Gasteiger partial charge is 0.0798 e. The van der Waals surface area contributed by atoms with Gasteiger partial charge < -0.3 is 9.13 Å². The van der Waals surface area contributed by atoms with E-state index in [0.717, 1.165) is 29.7 Å². The van der Waals surface area contributed by atoms with Crippen LogP contribution in [0.5, 0.6) is 0 Å². The van der Waals surface area contributed by atoms with Crippen LogP contribution in [0.15, 0.2) is 206 Å². The summed E-state index contributed by atoms with van der Waals surface area (Å²) in [6, 6.07) is 72.8. The highest BCUT2D eigenvalue weighted by Gasteiger charge is 2.25. The zero-order valence-electron chi connectivity index (χ0n) is 33.0. The second-order valence-corrected chi connectivity index (χ2v) is 15.9. The fourth-order valence-electron chi connectivity index (χ4n) is 9.64. The summed E-state index contributed by atoms with van der Waals surface area (Å²) < 4.78 is 4.91. The van der Waals surface area contributed by atoms with Gasteiger partial charge in [-0.1, -0.05) is 140 Å². The van der Waals surface area contributed by atoms with E-state index < -0.39 is 0 Å². The Morgan fingerprint density at radius 2 is 0.983 bits per heavy atom. The number of para-hydroxylation sites is 1. The Morgan fingerprint density at radius 1 is 0.383 bits per heavy atom. The topological polar surface area (TPSA) is 22.8 Å². The van der Waals surface area contributed by atoms with Crippen molar-refractivity contribution in [3.63, 3.8) is 0 Å². The van der Waals surface area contributed by atoms with E-state index in [9.17, 15) is 0 Å². The third-order valence-electron chi connectivity index (χ3n) is 12.5. The summed E-state index contributed by atoms with van der Waals surface area (Å²) in [7, 11) is 0. The molecule has 0 saturated heterocycles. The normalized spacial score (nSPS) is 12.6. The van der Waals surface area contributed by atoms with Crippen molar-refractivity contribution in [1.29, 1.82) is 0 Å². The number of benzene rings is 8. The van der Waals surface area contributed by atoms with Crippen LogP contribution in [0.2, 0.25) is 0 Å². The van der Waals surface area contributed by atoms with E-state index in [1.54, 1.807) is 0 Å². The minimum atomic E-state index is 0.941. The Balaban J connectivity index is 1.03. The first kappa shape index (κ1) is 34.3. The van der Waals surface area contributed by atoms with Crippen LogP contribution in [0.4, 0.5) is 0 Å². The third kappa shape index (κ3) is 5.62. The lowest BCUT2D eigenvalue weighted by atomic mass is 9.90. The van der Waals surface area contributed by atoms with Gasteiger partial charge >= 0.3 is 0 Å². The van der Waals surface area contributed by atoms with Crippen LogP contribution in [-0.2, 0) is 6.42 Å². The van der Waals surface area contributed by atoms with Crippen molar-refractivity contribution in [2.75, 3.05) is 0 Å². The fraction of sp³-hybridized carbons (Fsp3) is 0.0351. The van der Waals surface area contributed by atoms with Crippen molar-refractivity contribution in [1.82, 2.24) is 14.1 Å². The average Bonchev–Trinajstić information content (AvgIpc) is 3.85. The van der Waals surface area contributed by atoms with Gasteiger partial charge in [0.25, 0.3) is 0 Å². The van der Waals surface area contributed by atoms with Crippen LogP contribution >= 0.6 is 0 Å². The van der Waals surface area contributed by atoms with Crippen LogP contribution in [-0.4, -0.2) is 14.1 Å². The quantitative estimate of drug-likeness (QED) is 0.165. The molecule has 0 spiro atoms. The fourth-order valence-corrected chi connectivity index (χ4v) is 9.64. The zero-order chi connectivity index (χ0) is 39.6. The highest BCUT2D eigenvalue weighted by atomic mass is 15.0. The molecule has 11 aromatic rings. The standard InChI is InChI=1S/C57H39N3/c1-4-13-38(14-5-1)41-22-27-47(28-23-41)59-54-31-25-42-19-12-32-58-57(42)56(54)50-29-24-44(37-55(50)59)43-26-30-53-51(36-43)49-20-10-11-21-52(49)60(53)48-34-45(39-15-6-2-7-16-39)33-46(35-48)40-17-8-3-9-18-40/h1-23,25-28,30-37H,24,29H2. The molecule has 282 valence electrons. The summed E-state index contributed by atoms with van der Waals surface area (Å²) in [5.74, 6) is 0. The molecule has 60 heavy (non-hydrogen) atoms. The van der Waals surface area contributed by atoms with E-state index in [4.69, 9.17) is 4.98 Å². The Morgan fingerprint density at radius 3 is 1.70 bits per heavy atom. The van der Waals surface area contributed by atoms with Crippen molar-refractivity contribution in [3.05, 3.63) is 223 Å². The number of hydrogen-bond donors (Lipinski definition) is 0. The van der Waals surface area contributed by atoms with E-state index in [2.05, 4.69) is 209 Å². The number of rotatable bonds is 6. The van der Waals surface area contributed by atoms with E-state index in [1.165, 1.54) is 93.9 Å². The summed E-state index contributed by atoms with van der Waals surface area (Å²) in [6.07, 6.45) is 6.27. The molecule has 0 atom stereocenters. The van der Waals surface area contributed by atoms with Gasteiger partial charge in [-0.15, -0.1) is 0 Å². The number of aryl methyl sites for hydroxylation is 1. The van der Waals surface area contributed by atoms with Gasteiger partial charge in [0.15, 0.2) is 0 Å². The molecule has 3 heteroatoms. The Bertz CT molecular complexity index is 3390. The van der Waals surface area contributed by atoms with Gasteiger partial charge in [-0.05, 0) is 130 Å². The van der Waals surface area contributed by atoms with Gasteiger partial charge in [-0.3, -0.25) is 4.98 Å². The first-order chi connectivity index (χ1) is 29.7. The average molecular weight is 766 g/mol. The summed E-state index contributed by atoms with van der Waals surface area (Å²) in [5, 5.41) is 4.94. The van der Waals surface area contributed by atoms with Crippen molar-refractivity contribution in [2.24, 2.45) is 0 Å². The van der Waals surface area contributed by atoms with Crippen LogP contribution in [0, 0.1) is 0 Å². The molecule has 3 nitrogen and oxygen atoms in total. The van der Waals surface area contributed by atoms with Crippen LogP contribution in [0.1, 0.15) is 23.2 Å². The van der Waals surface area contributed by atoms with Gasteiger partial charge in [0.1, 0.15) is 0 Å². The van der Waals surface area contributed by atoms with Crippen molar-refractivity contribution < 1.29 is 0 Å². The van der Waals surface area contributed by atoms with Crippen LogP contribution in [0.3, 0.4) is 0 Å². The highest BCUT2D eigenvalue weighted by molar-refractivity contribution is 6.12. The molecule has 1 aliphatic carbocycles. The largest absolute Gasteiger partial charge is 0.309 e. The van der Waals surface area contributed by atoms with Gasteiger partial charge in [0, 0.05) is 39.1 Å². The molecule has 0 N–H and O–H groups in total. The third-order valence-corrected chi connectivity index (χ3v) is 12.5.